The van der Waals surface area contributed by atoms with Gasteiger partial charge >= 0.3 is 7.12 Å². The molecular formula is C11H14BNO2. The first-order valence-electron chi connectivity index (χ1n) is 5.05. The van der Waals surface area contributed by atoms with Crippen molar-refractivity contribution in [1.29, 1.82) is 5.26 Å². The summed E-state index contributed by atoms with van der Waals surface area (Å²) in [5.74, 6) is 0. The minimum Gasteiger partial charge on any atom is -0.408 e. The third kappa shape index (κ3) is 3.09. The molecule has 15 heavy (non-hydrogen) atoms. The highest BCUT2D eigenvalue weighted by Gasteiger charge is 2.22. The maximum atomic E-state index is 8.94. The molecule has 1 rings (SSSR count). The van der Waals surface area contributed by atoms with Gasteiger partial charge in [-0.1, -0.05) is 18.2 Å². The third-order valence-corrected chi connectivity index (χ3v) is 1.97. The quantitative estimate of drug-likeness (QED) is 0.678. The largest absolute Gasteiger partial charge is 0.495 e. The van der Waals surface area contributed by atoms with E-state index in [9.17, 15) is 0 Å². The summed E-state index contributed by atoms with van der Waals surface area (Å²) in [4.78, 5) is 0. The van der Waals surface area contributed by atoms with E-state index in [1.54, 1.807) is 6.07 Å². The molecule has 1 aromatic carbocycles. The van der Waals surface area contributed by atoms with Crippen molar-refractivity contribution in [3.63, 3.8) is 0 Å². The summed E-state index contributed by atoms with van der Waals surface area (Å²) in [5, 5.41) is 8.94. The van der Waals surface area contributed by atoms with Crippen LogP contribution in [0.15, 0.2) is 24.3 Å². The van der Waals surface area contributed by atoms with Crippen LogP contribution in [0.4, 0.5) is 0 Å². The number of rotatable bonds is 5. The lowest BCUT2D eigenvalue weighted by molar-refractivity contribution is 0.225. The molecule has 0 saturated heterocycles. The first kappa shape index (κ1) is 11.8. The summed E-state index contributed by atoms with van der Waals surface area (Å²) < 4.78 is 10.9. The molecule has 1 aromatic rings. The van der Waals surface area contributed by atoms with E-state index in [0.717, 1.165) is 5.46 Å². The lowest BCUT2D eigenvalue weighted by Crippen LogP contribution is -2.38. The predicted octanol–water partition coefficient (Wildman–Crippen LogP) is 1.33. The van der Waals surface area contributed by atoms with Crippen LogP contribution >= 0.6 is 0 Å². The van der Waals surface area contributed by atoms with Gasteiger partial charge in [0, 0.05) is 18.7 Å². The van der Waals surface area contributed by atoms with E-state index < -0.39 is 7.12 Å². The van der Waals surface area contributed by atoms with Gasteiger partial charge in [-0.15, -0.1) is 0 Å². The van der Waals surface area contributed by atoms with E-state index in [1.165, 1.54) is 0 Å². The summed E-state index contributed by atoms with van der Waals surface area (Å²) in [6.07, 6.45) is 0. The summed E-state index contributed by atoms with van der Waals surface area (Å²) in [6, 6.07) is 9.46. The fourth-order valence-electron chi connectivity index (χ4n) is 1.33. The van der Waals surface area contributed by atoms with Gasteiger partial charge in [-0.3, -0.25) is 0 Å². The smallest absolute Gasteiger partial charge is 0.408 e. The van der Waals surface area contributed by atoms with E-state index in [0.29, 0.717) is 18.8 Å². The Morgan fingerprint density at radius 2 is 1.80 bits per heavy atom. The van der Waals surface area contributed by atoms with E-state index in [1.807, 2.05) is 32.0 Å². The molecule has 0 atom stereocenters. The second kappa shape index (κ2) is 6.23. The minimum absolute atomic E-state index is 0.434. The van der Waals surface area contributed by atoms with Crippen LogP contribution in [0.3, 0.4) is 0 Å². The molecular weight excluding hydrogens is 189 g/mol. The van der Waals surface area contributed by atoms with Gasteiger partial charge in [-0.05, 0) is 19.9 Å². The highest BCUT2D eigenvalue weighted by Crippen LogP contribution is 1.99. The van der Waals surface area contributed by atoms with Crippen LogP contribution in [0.25, 0.3) is 0 Å². The van der Waals surface area contributed by atoms with Crippen LogP contribution < -0.4 is 5.46 Å². The number of nitriles is 1. The van der Waals surface area contributed by atoms with Crippen LogP contribution in [0, 0.1) is 11.3 Å². The Hall–Kier alpha value is -1.31. The van der Waals surface area contributed by atoms with Crippen molar-refractivity contribution in [3.05, 3.63) is 29.8 Å². The summed E-state index contributed by atoms with van der Waals surface area (Å²) in [5.41, 5.74) is 1.40. The molecule has 0 radical (unpaired) electrons. The number of hydrogen-bond acceptors (Lipinski definition) is 3. The lowest BCUT2D eigenvalue weighted by Gasteiger charge is -2.13. The molecule has 0 bridgehead atoms. The van der Waals surface area contributed by atoms with Gasteiger partial charge in [0.15, 0.2) is 0 Å². The zero-order valence-corrected chi connectivity index (χ0v) is 9.06. The molecule has 4 heteroatoms. The maximum Gasteiger partial charge on any atom is 0.495 e. The summed E-state index contributed by atoms with van der Waals surface area (Å²) >= 11 is 0. The molecule has 0 aliphatic carbocycles. The fourth-order valence-corrected chi connectivity index (χ4v) is 1.33. The Morgan fingerprint density at radius 1 is 1.20 bits per heavy atom. The normalized spacial score (nSPS) is 9.67. The molecule has 3 nitrogen and oxygen atoms in total. The Balaban J connectivity index is 2.94. The number of nitrogens with zero attached hydrogens (tertiary/aromatic N) is 1. The van der Waals surface area contributed by atoms with Gasteiger partial charge in [0.1, 0.15) is 0 Å². The predicted molar refractivity (Wildman–Crippen MR) is 59.8 cm³/mol. The third-order valence-electron chi connectivity index (χ3n) is 1.97. The van der Waals surface area contributed by atoms with Crippen LogP contribution in [0.1, 0.15) is 19.4 Å². The van der Waals surface area contributed by atoms with Crippen LogP contribution in [-0.2, 0) is 9.31 Å². The molecule has 0 N–H and O–H groups in total. The average molecular weight is 203 g/mol. The fraction of sp³-hybridized carbons (Fsp3) is 0.364. The van der Waals surface area contributed by atoms with Gasteiger partial charge < -0.3 is 9.31 Å². The standard InChI is InChI=1S/C11H14BNO2/c1-3-14-12(15-4-2)11-8-6-5-7-10(11)9-13/h5-8H,3-4H2,1-2H3. The minimum atomic E-state index is -0.434. The molecule has 0 amide bonds. The van der Waals surface area contributed by atoms with Crippen molar-refractivity contribution in [2.75, 3.05) is 13.2 Å². The topological polar surface area (TPSA) is 42.2 Å². The molecule has 0 fully saturated rings. The van der Waals surface area contributed by atoms with E-state index in [2.05, 4.69) is 6.07 Å². The Morgan fingerprint density at radius 3 is 2.33 bits per heavy atom. The Kier molecular flexibility index (Phi) is 4.89. The molecule has 0 aliphatic rings. The second-order valence-corrected chi connectivity index (χ2v) is 2.94. The van der Waals surface area contributed by atoms with Gasteiger partial charge in [-0.2, -0.15) is 5.26 Å². The molecule has 0 aliphatic heterocycles. The summed E-state index contributed by atoms with van der Waals surface area (Å²) in [7, 11) is -0.434. The van der Waals surface area contributed by atoms with Crippen molar-refractivity contribution >= 4 is 12.6 Å². The van der Waals surface area contributed by atoms with Gasteiger partial charge in [-0.25, -0.2) is 0 Å². The monoisotopic (exact) mass is 203 g/mol. The van der Waals surface area contributed by atoms with Crippen molar-refractivity contribution in [2.45, 2.75) is 13.8 Å². The van der Waals surface area contributed by atoms with Gasteiger partial charge in [0.25, 0.3) is 0 Å². The van der Waals surface area contributed by atoms with Gasteiger partial charge in [0.2, 0.25) is 0 Å². The van der Waals surface area contributed by atoms with Gasteiger partial charge in [0.05, 0.1) is 11.6 Å². The highest BCUT2D eigenvalue weighted by atomic mass is 16.6. The van der Waals surface area contributed by atoms with Crippen molar-refractivity contribution in [2.24, 2.45) is 0 Å². The van der Waals surface area contributed by atoms with Crippen molar-refractivity contribution in [3.8, 4) is 6.07 Å². The molecule has 0 aromatic heterocycles. The molecule has 0 heterocycles. The lowest BCUT2D eigenvalue weighted by atomic mass is 9.76. The molecule has 0 saturated carbocycles. The zero-order valence-electron chi connectivity index (χ0n) is 9.06. The molecule has 78 valence electrons. The Bertz CT molecular complexity index is 343. The maximum absolute atomic E-state index is 8.94. The molecule has 0 spiro atoms. The second-order valence-electron chi connectivity index (χ2n) is 2.94. The SMILES string of the molecule is CCOB(OCC)c1ccccc1C#N. The van der Waals surface area contributed by atoms with Crippen molar-refractivity contribution in [1.82, 2.24) is 0 Å². The highest BCUT2D eigenvalue weighted by molar-refractivity contribution is 6.62. The Labute approximate surface area is 90.8 Å². The van der Waals surface area contributed by atoms with E-state index in [-0.39, 0.29) is 0 Å². The number of benzene rings is 1. The molecule has 0 unspecified atom stereocenters. The van der Waals surface area contributed by atoms with Crippen LogP contribution in [0.5, 0.6) is 0 Å². The van der Waals surface area contributed by atoms with Crippen LogP contribution in [-0.4, -0.2) is 20.3 Å². The van der Waals surface area contributed by atoms with E-state index >= 15 is 0 Å². The summed E-state index contributed by atoms with van der Waals surface area (Å²) in [6.45, 7) is 4.93. The number of hydrogen-bond donors (Lipinski definition) is 0. The van der Waals surface area contributed by atoms with Crippen LogP contribution in [0.2, 0.25) is 0 Å². The van der Waals surface area contributed by atoms with E-state index in [4.69, 9.17) is 14.6 Å². The average Bonchev–Trinajstić information content (AvgIpc) is 2.29. The first-order chi connectivity index (χ1) is 7.33. The zero-order chi connectivity index (χ0) is 11.1. The first-order valence-corrected chi connectivity index (χ1v) is 5.05. The van der Waals surface area contributed by atoms with Crippen molar-refractivity contribution < 1.29 is 9.31 Å².